The van der Waals surface area contributed by atoms with Crippen molar-refractivity contribution < 1.29 is 18.8 Å². The molecule has 0 saturated carbocycles. The van der Waals surface area contributed by atoms with Crippen molar-refractivity contribution >= 4 is 34.5 Å². The smallest absolute Gasteiger partial charge is 0.210 e. The van der Waals surface area contributed by atoms with Gasteiger partial charge in [0.05, 0.1) is 5.41 Å². The predicted octanol–water partition coefficient (Wildman–Crippen LogP) is 9.75. The van der Waals surface area contributed by atoms with E-state index in [1.54, 1.807) is 14.0 Å². The number of aryl methyl sites for hydroxylation is 2. The predicted molar refractivity (Wildman–Crippen MR) is 191 cm³/mol. The maximum absolute atomic E-state index is 12.4. The van der Waals surface area contributed by atoms with Crippen molar-refractivity contribution in [2.45, 2.75) is 92.4 Å². The van der Waals surface area contributed by atoms with E-state index in [2.05, 4.69) is 107 Å². The Morgan fingerprint density at radius 1 is 0.978 bits per heavy atom. The molecule has 2 aliphatic heterocycles. The number of rotatable bonds is 9. The number of methoxy groups -OCH3 is 1. The first-order valence-corrected chi connectivity index (χ1v) is 17.0. The van der Waals surface area contributed by atoms with Crippen LogP contribution in [-0.4, -0.2) is 43.1 Å². The Morgan fingerprint density at radius 3 is 2.37 bits per heavy atom. The largest absolute Gasteiger partial charge is 0.467 e. The molecule has 0 N–H and O–H groups in total. The van der Waals surface area contributed by atoms with E-state index in [0.717, 1.165) is 59.8 Å². The lowest BCUT2D eigenvalue weighted by Crippen LogP contribution is -2.27. The molecule has 2 heterocycles. The molecule has 0 aromatic heterocycles. The summed E-state index contributed by atoms with van der Waals surface area (Å²) in [5, 5.41) is 0.855. The molecule has 0 atom stereocenters. The van der Waals surface area contributed by atoms with Crippen LogP contribution >= 0.6 is 11.6 Å². The first-order chi connectivity index (χ1) is 21.8. The summed E-state index contributed by atoms with van der Waals surface area (Å²) in [4.78, 5) is 14.7. The number of anilines is 1. The fraction of sp³-hybridized carbons (Fsp3) is 0.450. The molecule has 0 amide bonds. The molecule has 2 aromatic rings. The number of halogens is 1. The van der Waals surface area contributed by atoms with Crippen LogP contribution in [0.15, 0.2) is 70.4 Å². The first kappa shape index (κ1) is 33.9. The lowest BCUT2D eigenvalue weighted by atomic mass is 9.80. The summed E-state index contributed by atoms with van der Waals surface area (Å²) in [6.45, 7) is 21.2. The Labute approximate surface area is 280 Å². The number of carbonyl (C=O) groups excluding carboxylic acids is 1. The molecule has 0 fully saturated rings. The Kier molecular flexibility index (Phi) is 9.59. The molecule has 6 heteroatoms. The number of carbonyl (C=O) groups is 1. The molecular formula is C40H50ClN2O3+. The van der Waals surface area contributed by atoms with Gasteiger partial charge in [0, 0.05) is 58.8 Å². The second kappa shape index (κ2) is 13.0. The van der Waals surface area contributed by atoms with Gasteiger partial charge in [-0.3, -0.25) is 4.79 Å². The summed E-state index contributed by atoms with van der Waals surface area (Å²) in [5.41, 5.74) is 12.2. The van der Waals surface area contributed by atoms with Gasteiger partial charge in [-0.05, 0) is 120 Å². The first-order valence-electron chi connectivity index (χ1n) is 16.6. The number of benzene rings is 2. The molecule has 3 aliphatic rings. The summed E-state index contributed by atoms with van der Waals surface area (Å²) in [6.07, 6.45) is 12.0. The maximum Gasteiger partial charge on any atom is 0.210 e. The Hall–Kier alpha value is -3.41. The SMILES string of the molecule is CCN1/C(=C\C=C2/CCCC(/C=C/C3=[N+](CC)c4cc(C)c(OCOC)cc4C3(C)C)=C2Cl)C(C)(C)c2cc(C(C)=O)c(C)cc21. The number of ketones is 1. The van der Waals surface area contributed by atoms with E-state index in [1.165, 1.54) is 45.1 Å². The van der Waals surface area contributed by atoms with Crippen LogP contribution in [0.2, 0.25) is 0 Å². The number of likely N-dealkylation sites (N-methyl/N-ethyl adjacent to an activating group) is 1. The van der Waals surface area contributed by atoms with Crippen LogP contribution in [0, 0.1) is 13.8 Å². The standard InChI is InChI=1S/C40H50ClN2O3/c1-11-42-33-20-25(3)30(27(5)44)22-31(33)39(6,7)36(42)18-16-28-14-13-15-29(38(28)41)17-19-37-40(8,9)32-23-35(46-24-45-10)26(4)21-34(32)43(37)12-2/h16-23H,11-15,24H2,1-10H3/q+1. The van der Waals surface area contributed by atoms with Gasteiger partial charge in [-0.25, -0.2) is 0 Å². The minimum absolute atomic E-state index is 0.111. The Morgan fingerprint density at radius 2 is 1.72 bits per heavy atom. The minimum Gasteiger partial charge on any atom is -0.467 e. The molecule has 0 radical (unpaired) electrons. The van der Waals surface area contributed by atoms with E-state index in [0.29, 0.717) is 0 Å². The van der Waals surface area contributed by atoms with Gasteiger partial charge in [-0.2, -0.15) is 4.58 Å². The normalized spacial score (nSPS) is 20.4. The average Bonchev–Trinajstić information content (AvgIpc) is 3.34. The molecule has 5 nitrogen and oxygen atoms in total. The number of hydrogen-bond acceptors (Lipinski definition) is 4. The van der Waals surface area contributed by atoms with E-state index < -0.39 is 0 Å². The Balaban J connectivity index is 1.48. The lowest BCUT2D eigenvalue weighted by Gasteiger charge is -2.26. The summed E-state index contributed by atoms with van der Waals surface area (Å²) in [7, 11) is 1.64. The molecular weight excluding hydrogens is 592 g/mol. The highest BCUT2D eigenvalue weighted by atomic mass is 35.5. The molecule has 0 unspecified atom stereocenters. The van der Waals surface area contributed by atoms with Gasteiger partial charge in [-0.15, -0.1) is 0 Å². The van der Waals surface area contributed by atoms with Gasteiger partial charge >= 0.3 is 0 Å². The van der Waals surface area contributed by atoms with Crippen LogP contribution in [0.3, 0.4) is 0 Å². The van der Waals surface area contributed by atoms with Gasteiger partial charge < -0.3 is 14.4 Å². The highest BCUT2D eigenvalue weighted by molar-refractivity contribution is 6.32. The van der Waals surface area contributed by atoms with E-state index >= 15 is 0 Å². The van der Waals surface area contributed by atoms with Crippen LogP contribution in [0.25, 0.3) is 0 Å². The van der Waals surface area contributed by atoms with E-state index in [1.807, 2.05) is 6.92 Å². The second-order valence-corrected chi connectivity index (χ2v) is 14.2. The molecule has 46 heavy (non-hydrogen) atoms. The third kappa shape index (κ3) is 5.82. The monoisotopic (exact) mass is 641 g/mol. The summed E-state index contributed by atoms with van der Waals surface area (Å²) >= 11 is 7.18. The number of ether oxygens (including phenoxy) is 2. The molecule has 244 valence electrons. The van der Waals surface area contributed by atoms with E-state index in [4.69, 9.17) is 21.1 Å². The molecule has 2 aromatic carbocycles. The zero-order chi connectivity index (χ0) is 33.6. The van der Waals surface area contributed by atoms with Crippen LogP contribution in [0.1, 0.15) is 100 Å². The number of Topliss-reactive ketones (excluding diaryl/α,β-unsaturated/α-hetero) is 1. The van der Waals surface area contributed by atoms with Gasteiger partial charge in [0.1, 0.15) is 12.3 Å². The zero-order valence-electron chi connectivity index (χ0n) is 29.4. The number of nitrogens with zero attached hydrogens (tertiary/aromatic N) is 2. The number of fused-ring (bicyclic) bond motifs is 2. The van der Waals surface area contributed by atoms with Crippen LogP contribution < -0.4 is 9.64 Å². The van der Waals surface area contributed by atoms with Crippen molar-refractivity contribution in [2.24, 2.45) is 0 Å². The van der Waals surface area contributed by atoms with Gasteiger partial charge in [0.2, 0.25) is 5.69 Å². The van der Waals surface area contributed by atoms with Crippen LogP contribution in [0.5, 0.6) is 5.75 Å². The van der Waals surface area contributed by atoms with Crippen molar-refractivity contribution in [3.63, 3.8) is 0 Å². The third-order valence-corrected chi connectivity index (χ3v) is 10.6. The van der Waals surface area contributed by atoms with Crippen molar-refractivity contribution in [3.05, 3.63) is 98.3 Å². The average molecular weight is 642 g/mol. The molecule has 1 aliphatic carbocycles. The van der Waals surface area contributed by atoms with Gasteiger partial charge in [0.25, 0.3) is 0 Å². The maximum atomic E-state index is 12.4. The zero-order valence-corrected chi connectivity index (χ0v) is 30.1. The highest BCUT2D eigenvalue weighted by Crippen LogP contribution is 2.49. The summed E-state index contributed by atoms with van der Waals surface area (Å²) < 4.78 is 13.5. The lowest BCUT2D eigenvalue weighted by molar-refractivity contribution is -0.433. The molecule has 0 saturated heterocycles. The molecule has 0 spiro atoms. The van der Waals surface area contributed by atoms with Crippen LogP contribution in [0.4, 0.5) is 11.4 Å². The fourth-order valence-corrected chi connectivity index (χ4v) is 7.84. The number of allylic oxidation sites excluding steroid dienone is 8. The summed E-state index contributed by atoms with van der Waals surface area (Å²) in [6, 6.07) is 8.70. The number of hydrogen-bond donors (Lipinski definition) is 0. The quantitative estimate of drug-likeness (QED) is 0.155. The fourth-order valence-electron chi connectivity index (χ4n) is 7.53. The van der Waals surface area contributed by atoms with E-state index in [-0.39, 0.29) is 23.4 Å². The molecule has 0 bridgehead atoms. The van der Waals surface area contributed by atoms with Crippen molar-refractivity contribution in [1.82, 2.24) is 0 Å². The minimum atomic E-state index is -0.232. The van der Waals surface area contributed by atoms with Crippen molar-refractivity contribution in [1.29, 1.82) is 0 Å². The topological polar surface area (TPSA) is 41.8 Å². The van der Waals surface area contributed by atoms with Crippen molar-refractivity contribution in [3.8, 4) is 5.75 Å². The highest BCUT2D eigenvalue weighted by Gasteiger charge is 2.45. The van der Waals surface area contributed by atoms with Gasteiger partial charge in [0.15, 0.2) is 18.3 Å². The Bertz CT molecular complexity index is 1730. The van der Waals surface area contributed by atoms with Crippen molar-refractivity contribution in [2.75, 3.05) is 31.9 Å². The third-order valence-electron chi connectivity index (χ3n) is 10.1. The van der Waals surface area contributed by atoms with E-state index in [9.17, 15) is 4.79 Å². The van der Waals surface area contributed by atoms with Crippen LogP contribution in [-0.2, 0) is 15.6 Å². The van der Waals surface area contributed by atoms with Gasteiger partial charge in [-0.1, -0.05) is 37.6 Å². The summed E-state index contributed by atoms with van der Waals surface area (Å²) in [5.74, 6) is 0.973. The molecule has 5 rings (SSSR count). The second-order valence-electron chi connectivity index (χ2n) is 13.8.